The normalized spacial score (nSPS) is 20.8. The zero-order valence-corrected chi connectivity index (χ0v) is 12.0. The molecule has 0 aliphatic heterocycles. The van der Waals surface area contributed by atoms with Gasteiger partial charge in [-0.3, -0.25) is 9.19 Å². The maximum atomic E-state index is 12.5. The molecule has 21 heavy (non-hydrogen) atoms. The van der Waals surface area contributed by atoms with Crippen molar-refractivity contribution in [2.24, 2.45) is 0 Å². The molecule has 0 fully saturated rings. The van der Waals surface area contributed by atoms with Crippen molar-refractivity contribution in [1.82, 2.24) is 14.6 Å². The molecule has 1 aliphatic rings. The molecule has 0 amide bonds. The van der Waals surface area contributed by atoms with Crippen molar-refractivity contribution in [3.8, 4) is 0 Å². The van der Waals surface area contributed by atoms with Crippen LogP contribution in [0.2, 0.25) is 0 Å². The summed E-state index contributed by atoms with van der Waals surface area (Å²) in [4.78, 5) is 8.56. The van der Waals surface area contributed by atoms with Crippen LogP contribution in [0, 0.1) is 0 Å². The van der Waals surface area contributed by atoms with Crippen molar-refractivity contribution in [2.45, 2.75) is 10.9 Å². The van der Waals surface area contributed by atoms with E-state index in [1.54, 1.807) is 6.20 Å². The number of aromatic nitrogens is 3. The fraction of sp³-hybridized carbons (Fsp3) is 0.0667. The number of allylic oxidation sites excluding steroid dienone is 4. The third-order valence-corrected chi connectivity index (χ3v) is 4.25. The molecule has 106 valence electrons. The molecule has 6 heteroatoms. The first-order chi connectivity index (χ1) is 10.3. The minimum atomic E-state index is -1.35. The van der Waals surface area contributed by atoms with Gasteiger partial charge in [-0.1, -0.05) is 30.4 Å². The first-order valence-corrected chi connectivity index (χ1v) is 7.75. The van der Waals surface area contributed by atoms with Crippen molar-refractivity contribution in [3.05, 3.63) is 65.1 Å². The highest BCUT2D eigenvalue weighted by Gasteiger charge is 2.14. The number of pyridine rings is 1. The number of nitrogen functional groups attached to an aromatic ring is 1. The minimum Gasteiger partial charge on any atom is -0.337 e. The number of hydrogen-bond donors (Lipinski definition) is 1. The molecule has 2 N–H and O–H groups in total. The van der Waals surface area contributed by atoms with Crippen molar-refractivity contribution in [2.75, 3.05) is 5.84 Å². The summed E-state index contributed by atoms with van der Waals surface area (Å²) in [7, 11) is -1.35. The summed E-state index contributed by atoms with van der Waals surface area (Å²) < 4.78 is 13.9. The molecule has 0 aromatic carbocycles. The van der Waals surface area contributed by atoms with E-state index in [4.69, 9.17) is 5.84 Å². The van der Waals surface area contributed by atoms with Gasteiger partial charge in [0.1, 0.15) is 0 Å². The monoisotopic (exact) mass is 298 g/mol. The molecule has 3 rings (SSSR count). The molecule has 1 aliphatic carbocycles. The summed E-state index contributed by atoms with van der Waals surface area (Å²) in [5, 5.41) is 1.80. The van der Waals surface area contributed by atoms with Gasteiger partial charge in [-0.15, -0.1) is 0 Å². The first kappa shape index (κ1) is 13.5. The highest BCUT2D eigenvalue weighted by Crippen LogP contribution is 2.05. The molecule has 1 unspecified atom stereocenters. The summed E-state index contributed by atoms with van der Waals surface area (Å²) in [6.07, 6.45) is 12.9. The van der Waals surface area contributed by atoms with Crippen LogP contribution in [0.4, 0.5) is 0 Å². The second-order valence-electron chi connectivity index (χ2n) is 4.45. The molecule has 0 spiro atoms. The smallest absolute Gasteiger partial charge is 0.219 e. The van der Waals surface area contributed by atoms with Gasteiger partial charge in [-0.2, -0.15) is 0 Å². The average Bonchev–Trinajstić information content (AvgIpc) is 2.75. The van der Waals surface area contributed by atoms with Gasteiger partial charge in [0.2, 0.25) is 5.16 Å². The second kappa shape index (κ2) is 5.88. The van der Waals surface area contributed by atoms with Crippen molar-refractivity contribution in [3.63, 3.8) is 0 Å². The van der Waals surface area contributed by atoms with E-state index < -0.39 is 10.8 Å². The molecule has 5 nitrogen and oxygen atoms in total. The van der Waals surface area contributed by atoms with Crippen LogP contribution in [0.1, 0.15) is 5.69 Å². The minimum absolute atomic E-state index is 0.291. The fourth-order valence-corrected chi connectivity index (χ4v) is 3.08. The van der Waals surface area contributed by atoms with Gasteiger partial charge >= 0.3 is 0 Å². The van der Waals surface area contributed by atoms with Crippen LogP contribution >= 0.6 is 0 Å². The van der Waals surface area contributed by atoms with Crippen LogP contribution in [-0.4, -0.2) is 18.9 Å². The Morgan fingerprint density at radius 2 is 1.95 bits per heavy atom. The molecule has 2 heterocycles. The third-order valence-electron chi connectivity index (χ3n) is 2.99. The molecule has 0 saturated carbocycles. The first-order valence-electron chi connectivity index (χ1n) is 6.43. The standard InChI is InChI=1S/C15H14N4OS/c16-19-14-9-4-2-1-3-8-13(14)18-15(19)21(20)11-12-7-5-6-10-17-12/h1-10H,11,16H2/b2-1?,3-1-,4-2-,8-3?,9-4?,13-8+,14-9+. The van der Waals surface area contributed by atoms with Gasteiger partial charge in [0.25, 0.3) is 0 Å². The molecular formula is C15H14N4OS. The number of hydrogen-bond acceptors (Lipinski definition) is 4. The highest BCUT2D eigenvalue weighted by atomic mass is 32.2. The third kappa shape index (κ3) is 2.85. The summed E-state index contributed by atoms with van der Waals surface area (Å²) in [6.45, 7) is 0. The van der Waals surface area contributed by atoms with Gasteiger partial charge in [-0.25, -0.2) is 9.66 Å². The molecule has 2 aromatic rings. The van der Waals surface area contributed by atoms with Crippen LogP contribution in [0.5, 0.6) is 0 Å². The van der Waals surface area contributed by atoms with Crippen LogP contribution in [0.3, 0.4) is 0 Å². The molecule has 0 saturated heterocycles. The lowest BCUT2D eigenvalue weighted by Gasteiger charge is -2.01. The SMILES string of the molecule is Nn1c(S(=O)Cc2ccccn2)nc2/c1=C\C=C/C=C\C=2. The molecular weight excluding hydrogens is 284 g/mol. The maximum absolute atomic E-state index is 12.5. The Bertz CT molecular complexity index is 850. The van der Waals surface area contributed by atoms with E-state index in [0.717, 1.165) is 11.0 Å². The lowest BCUT2D eigenvalue weighted by Crippen LogP contribution is -2.34. The number of nitrogens with zero attached hydrogens (tertiary/aromatic N) is 3. The fourth-order valence-electron chi connectivity index (χ4n) is 1.99. The molecule has 2 aromatic heterocycles. The Balaban J connectivity index is 2.01. The Labute approximate surface area is 124 Å². The highest BCUT2D eigenvalue weighted by molar-refractivity contribution is 7.84. The van der Waals surface area contributed by atoms with Crippen molar-refractivity contribution < 1.29 is 4.21 Å². The number of imidazole rings is 1. The average molecular weight is 298 g/mol. The molecule has 0 bridgehead atoms. The van der Waals surface area contributed by atoms with Crippen LogP contribution in [0.25, 0.3) is 12.2 Å². The van der Waals surface area contributed by atoms with Gasteiger partial charge in [0, 0.05) is 6.20 Å². The summed E-state index contributed by atoms with van der Waals surface area (Å²) >= 11 is 0. The lowest BCUT2D eigenvalue weighted by atomic mass is 10.3. The van der Waals surface area contributed by atoms with E-state index in [-0.39, 0.29) is 0 Å². The Morgan fingerprint density at radius 1 is 1.14 bits per heavy atom. The van der Waals surface area contributed by atoms with E-state index in [0.29, 0.717) is 16.3 Å². The zero-order valence-electron chi connectivity index (χ0n) is 11.2. The quantitative estimate of drug-likeness (QED) is 0.809. The Hall–Kier alpha value is -2.47. The summed E-state index contributed by atoms with van der Waals surface area (Å²) in [5.41, 5.74) is 0.749. The topological polar surface area (TPSA) is 73.8 Å². The van der Waals surface area contributed by atoms with E-state index in [1.165, 1.54) is 4.68 Å². The zero-order chi connectivity index (χ0) is 14.7. The Kier molecular flexibility index (Phi) is 3.79. The largest absolute Gasteiger partial charge is 0.337 e. The van der Waals surface area contributed by atoms with Gasteiger partial charge in [0.15, 0.2) is 0 Å². The van der Waals surface area contributed by atoms with E-state index >= 15 is 0 Å². The van der Waals surface area contributed by atoms with Gasteiger partial charge < -0.3 is 5.84 Å². The second-order valence-corrected chi connectivity index (χ2v) is 5.79. The maximum Gasteiger partial charge on any atom is 0.219 e. The van der Waals surface area contributed by atoms with Gasteiger partial charge in [-0.05, 0) is 24.3 Å². The predicted molar refractivity (Wildman–Crippen MR) is 83.2 cm³/mol. The van der Waals surface area contributed by atoms with Crippen molar-refractivity contribution >= 4 is 23.0 Å². The number of nitrogens with two attached hydrogens (primary N) is 1. The van der Waals surface area contributed by atoms with Crippen LogP contribution in [-0.2, 0) is 16.6 Å². The van der Waals surface area contributed by atoms with Gasteiger partial charge in [0.05, 0.1) is 32.9 Å². The predicted octanol–water partition coefficient (Wildman–Crippen LogP) is -0.0133. The molecule has 0 radical (unpaired) electrons. The summed E-state index contributed by atoms with van der Waals surface area (Å²) in [6, 6.07) is 5.52. The van der Waals surface area contributed by atoms with E-state index in [2.05, 4.69) is 9.97 Å². The van der Waals surface area contributed by atoms with Crippen LogP contribution < -0.4 is 16.5 Å². The van der Waals surface area contributed by atoms with E-state index in [1.807, 2.05) is 54.7 Å². The number of fused-ring (bicyclic) bond motifs is 1. The number of rotatable bonds is 3. The summed E-state index contributed by atoms with van der Waals surface area (Å²) in [5.74, 6) is 6.32. The van der Waals surface area contributed by atoms with Crippen LogP contribution in [0.15, 0.2) is 53.9 Å². The van der Waals surface area contributed by atoms with E-state index in [9.17, 15) is 4.21 Å². The Morgan fingerprint density at radius 3 is 2.71 bits per heavy atom. The van der Waals surface area contributed by atoms with Crippen molar-refractivity contribution in [1.29, 1.82) is 0 Å². The lowest BCUT2D eigenvalue weighted by molar-refractivity contribution is 0.668. The molecule has 1 atom stereocenters.